The number of anilines is 1. The van der Waals surface area contributed by atoms with Crippen LogP contribution in [0.15, 0.2) is 29.2 Å². The third kappa shape index (κ3) is 5.03. The van der Waals surface area contributed by atoms with Crippen molar-refractivity contribution >= 4 is 33.8 Å². The van der Waals surface area contributed by atoms with Crippen molar-refractivity contribution in [2.75, 3.05) is 18.7 Å². The Labute approximate surface area is 149 Å². The quantitative estimate of drug-likeness (QED) is 0.770. The third-order valence-electron chi connectivity index (χ3n) is 2.92. The van der Waals surface area contributed by atoms with Crippen molar-refractivity contribution in [1.29, 1.82) is 0 Å². The number of nitrogens with zero attached hydrogens (tertiary/aromatic N) is 3. The molecule has 0 bridgehead atoms. The molecule has 9 nitrogen and oxygen atoms in total. The molecule has 0 unspecified atom stereocenters. The molecule has 0 fully saturated rings. The summed E-state index contributed by atoms with van der Waals surface area (Å²) in [6.07, 6.45) is 1.86. The van der Waals surface area contributed by atoms with E-state index in [1.165, 1.54) is 24.9 Å². The first-order chi connectivity index (χ1) is 11.9. The van der Waals surface area contributed by atoms with Gasteiger partial charge in [0.2, 0.25) is 5.95 Å². The lowest BCUT2D eigenvalue weighted by molar-refractivity contribution is 0.256. The third-order valence-corrected chi connectivity index (χ3v) is 4.95. The molecule has 2 aromatic rings. The summed E-state index contributed by atoms with van der Waals surface area (Å²) in [5.41, 5.74) is 0.605. The van der Waals surface area contributed by atoms with Crippen LogP contribution in [-0.4, -0.2) is 42.8 Å². The largest absolute Gasteiger partial charge is 0.467 e. The minimum atomic E-state index is -4.04. The van der Waals surface area contributed by atoms with Gasteiger partial charge >= 0.3 is 12.0 Å². The zero-order valence-electron chi connectivity index (χ0n) is 13.8. The molecule has 0 saturated heterocycles. The van der Waals surface area contributed by atoms with Crippen molar-refractivity contribution in [2.24, 2.45) is 0 Å². The molecule has 1 aromatic heterocycles. The van der Waals surface area contributed by atoms with Gasteiger partial charge in [0.05, 0.1) is 12.0 Å². The van der Waals surface area contributed by atoms with Gasteiger partial charge in [0.1, 0.15) is 5.82 Å². The SMILES string of the molecule is COc1nc(C)nc(NC(=O)NS(=O)(=O)c2ccccc2CSC)n1. The second-order valence-corrected chi connectivity index (χ2v) is 7.31. The number of hydrogen-bond acceptors (Lipinski definition) is 8. The summed E-state index contributed by atoms with van der Waals surface area (Å²) in [6, 6.07) is 5.50. The molecule has 134 valence electrons. The number of hydrogen-bond donors (Lipinski definition) is 2. The number of thioether (sulfide) groups is 1. The van der Waals surface area contributed by atoms with Crippen molar-refractivity contribution in [3.05, 3.63) is 35.7 Å². The van der Waals surface area contributed by atoms with Crippen LogP contribution in [0.2, 0.25) is 0 Å². The average molecular weight is 383 g/mol. The van der Waals surface area contributed by atoms with E-state index >= 15 is 0 Å². The van der Waals surface area contributed by atoms with Crippen molar-refractivity contribution in [1.82, 2.24) is 19.7 Å². The number of aryl methyl sites for hydroxylation is 1. The summed E-state index contributed by atoms with van der Waals surface area (Å²) >= 11 is 1.48. The molecule has 11 heteroatoms. The summed E-state index contributed by atoms with van der Waals surface area (Å²) in [7, 11) is -2.67. The highest BCUT2D eigenvalue weighted by molar-refractivity contribution is 7.97. The van der Waals surface area contributed by atoms with Crippen molar-refractivity contribution in [2.45, 2.75) is 17.6 Å². The molecular formula is C14H17N5O4S2. The lowest BCUT2D eigenvalue weighted by atomic mass is 10.2. The Morgan fingerprint density at radius 3 is 2.64 bits per heavy atom. The predicted octanol–water partition coefficient (Wildman–Crippen LogP) is 1.56. The summed E-state index contributed by atoms with van der Waals surface area (Å²) in [6.45, 7) is 1.59. The maximum absolute atomic E-state index is 12.5. The number of sulfonamides is 1. The number of rotatable bonds is 6. The number of urea groups is 1. The maximum Gasteiger partial charge on any atom is 0.335 e. The predicted molar refractivity (Wildman–Crippen MR) is 94.1 cm³/mol. The zero-order chi connectivity index (χ0) is 18.4. The van der Waals surface area contributed by atoms with Crippen molar-refractivity contribution in [3.63, 3.8) is 0 Å². The lowest BCUT2D eigenvalue weighted by Gasteiger charge is -2.11. The van der Waals surface area contributed by atoms with E-state index in [-0.39, 0.29) is 16.9 Å². The Kier molecular flexibility index (Phi) is 6.15. The van der Waals surface area contributed by atoms with Crippen LogP contribution in [0.3, 0.4) is 0 Å². The second kappa shape index (κ2) is 8.12. The molecule has 25 heavy (non-hydrogen) atoms. The molecule has 2 amide bonds. The first kappa shape index (κ1) is 18.9. The summed E-state index contributed by atoms with van der Waals surface area (Å²) in [5, 5.41) is 2.26. The van der Waals surface area contributed by atoms with Crippen LogP contribution >= 0.6 is 11.8 Å². The molecule has 2 rings (SSSR count). The minimum Gasteiger partial charge on any atom is -0.467 e. The van der Waals surface area contributed by atoms with Gasteiger partial charge in [-0.25, -0.2) is 17.9 Å². The number of carbonyl (C=O) groups is 1. The smallest absolute Gasteiger partial charge is 0.335 e. The number of carbonyl (C=O) groups excluding carboxylic acids is 1. The Morgan fingerprint density at radius 2 is 1.96 bits per heavy atom. The fourth-order valence-corrected chi connectivity index (χ4v) is 3.75. The van der Waals surface area contributed by atoms with E-state index in [4.69, 9.17) is 4.74 Å². The molecular weight excluding hydrogens is 366 g/mol. The van der Waals surface area contributed by atoms with Crippen LogP contribution in [0.4, 0.5) is 10.7 Å². The number of aromatic nitrogens is 3. The van der Waals surface area contributed by atoms with Gasteiger partial charge in [-0.15, -0.1) is 0 Å². The van der Waals surface area contributed by atoms with Gasteiger partial charge in [-0.3, -0.25) is 5.32 Å². The number of nitrogens with one attached hydrogen (secondary N) is 2. The number of amides is 2. The number of ether oxygens (including phenoxy) is 1. The van der Waals surface area contributed by atoms with Crippen LogP contribution in [0, 0.1) is 6.92 Å². The molecule has 0 aliphatic heterocycles. The minimum absolute atomic E-state index is 0.0102. The highest BCUT2D eigenvalue weighted by atomic mass is 32.2. The Hall–Kier alpha value is -2.40. The molecule has 0 atom stereocenters. The second-order valence-electron chi connectivity index (χ2n) is 4.79. The Bertz CT molecular complexity index is 873. The van der Waals surface area contributed by atoms with Gasteiger partial charge in [-0.2, -0.15) is 26.7 Å². The first-order valence-electron chi connectivity index (χ1n) is 7.03. The van der Waals surface area contributed by atoms with Crippen LogP contribution in [0.25, 0.3) is 0 Å². The fraction of sp³-hybridized carbons (Fsp3) is 0.286. The molecule has 1 heterocycles. The van der Waals surface area contributed by atoms with E-state index in [1.54, 1.807) is 25.1 Å². The number of methoxy groups -OCH3 is 1. The van der Waals surface area contributed by atoms with Gasteiger partial charge in [0.15, 0.2) is 0 Å². The van der Waals surface area contributed by atoms with Crippen LogP contribution in [0.1, 0.15) is 11.4 Å². The highest BCUT2D eigenvalue weighted by Crippen LogP contribution is 2.19. The van der Waals surface area contributed by atoms with Gasteiger partial charge in [0, 0.05) is 5.75 Å². The summed E-state index contributed by atoms with van der Waals surface area (Å²) < 4.78 is 31.7. The highest BCUT2D eigenvalue weighted by Gasteiger charge is 2.21. The van der Waals surface area contributed by atoms with Crippen molar-refractivity contribution in [3.8, 4) is 6.01 Å². The topological polar surface area (TPSA) is 123 Å². The van der Waals surface area contributed by atoms with E-state index in [9.17, 15) is 13.2 Å². The molecule has 2 N–H and O–H groups in total. The van der Waals surface area contributed by atoms with E-state index < -0.39 is 16.1 Å². The van der Waals surface area contributed by atoms with Gasteiger partial charge in [0.25, 0.3) is 10.0 Å². The molecule has 0 spiro atoms. The summed E-state index contributed by atoms with van der Waals surface area (Å²) in [5.74, 6) is 0.701. The van der Waals surface area contributed by atoms with Crippen LogP contribution in [0.5, 0.6) is 6.01 Å². The standard InChI is InChI=1S/C14H17N5O4S2/c1-9-15-12(18-14(16-9)23-2)17-13(20)19-25(21,22)11-7-5-4-6-10(11)8-24-3/h4-7H,8H2,1-3H3,(H2,15,16,17,18,19,20). The molecule has 0 saturated carbocycles. The lowest BCUT2D eigenvalue weighted by Crippen LogP contribution is -2.35. The van der Waals surface area contributed by atoms with E-state index in [1.807, 2.05) is 11.0 Å². The van der Waals surface area contributed by atoms with E-state index in [0.29, 0.717) is 17.1 Å². The van der Waals surface area contributed by atoms with Crippen LogP contribution in [-0.2, 0) is 15.8 Å². The fourth-order valence-electron chi connectivity index (χ4n) is 1.95. The van der Waals surface area contributed by atoms with Gasteiger partial charge in [-0.1, -0.05) is 18.2 Å². The summed E-state index contributed by atoms with van der Waals surface area (Å²) in [4.78, 5) is 23.7. The van der Waals surface area contributed by atoms with Gasteiger partial charge in [-0.05, 0) is 24.8 Å². The molecule has 1 aromatic carbocycles. The molecule has 0 aliphatic rings. The van der Waals surface area contributed by atoms with E-state index in [0.717, 1.165) is 0 Å². The normalized spacial score (nSPS) is 11.0. The Balaban J connectivity index is 2.18. The van der Waals surface area contributed by atoms with E-state index in [2.05, 4.69) is 20.3 Å². The average Bonchev–Trinajstić information content (AvgIpc) is 2.54. The maximum atomic E-state index is 12.5. The number of benzene rings is 1. The molecule has 0 radical (unpaired) electrons. The van der Waals surface area contributed by atoms with Gasteiger partial charge < -0.3 is 4.74 Å². The Morgan fingerprint density at radius 1 is 1.24 bits per heavy atom. The monoisotopic (exact) mass is 383 g/mol. The first-order valence-corrected chi connectivity index (χ1v) is 9.90. The zero-order valence-corrected chi connectivity index (χ0v) is 15.4. The van der Waals surface area contributed by atoms with Crippen molar-refractivity contribution < 1.29 is 17.9 Å². The molecule has 0 aliphatic carbocycles. The van der Waals surface area contributed by atoms with Crippen LogP contribution < -0.4 is 14.8 Å².